The van der Waals surface area contributed by atoms with E-state index in [9.17, 15) is 22.4 Å². The Hall–Kier alpha value is -2.04. The minimum Gasteiger partial charge on any atom is -0.359 e. The molecule has 2 amide bonds. The van der Waals surface area contributed by atoms with Crippen LogP contribution in [0.15, 0.2) is 29.2 Å². The summed E-state index contributed by atoms with van der Waals surface area (Å²) in [5.74, 6) is -2.27. The van der Waals surface area contributed by atoms with Crippen molar-refractivity contribution in [3.05, 3.63) is 30.1 Å². The average molecular weight is 345 g/mol. The summed E-state index contributed by atoms with van der Waals surface area (Å²) in [6.07, 6.45) is -0.932. The van der Waals surface area contributed by atoms with Crippen LogP contribution in [0.25, 0.3) is 0 Å². The Morgan fingerprint density at radius 1 is 1.30 bits per heavy atom. The molecular formula is C13H16FN3O5S. The molecule has 0 aliphatic carbocycles. The summed E-state index contributed by atoms with van der Waals surface area (Å²) in [6, 6.07) is 4.41. The molecule has 2 N–H and O–H groups in total. The molecule has 1 atom stereocenters. The maximum absolute atomic E-state index is 12.9. The van der Waals surface area contributed by atoms with Gasteiger partial charge in [0.05, 0.1) is 18.0 Å². The minimum atomic E-state index is -3.89. The van der Waals surface area contributed by atoms with E-state index in [1.807, 2.05) is 0 Å². The minimum absolute atomic E-state index is 0.0768. The highest BCUT2D eigenvalue weighted by Crippen LogP contribution is 2.22. The molecule has 23 heavy (non-hydrogen) atoms. The number of halogens is 1. The van der Waals surface area contributed by atoms with E-state index < -0.39 is 33.9 Å². The van der Waals surface area contributed by atoms with Crippen LogP contribution in [0, 0.1) is 5.82 Å². The number of hydrogen-bond donors (Lipinski definition) is 2. The maximum atomic E-state index is 12.9. The topological polar surface area (TPSA) is 105 Å². The lowest BCUT2D eigenvalue weighted by atomic mass is 10.4. The Balaban J connectivity index is 2.10. The predicted molar refractivity (Wildman–Crippen MR) is 77.1 cm³/mol. The van der Waals surface area contributed by atoms with Gasteiger partial charge in [-0.15, -0.1) is 0 Å². The molecule has 1 fully saturated rings. The van der Waals surface area contributed by atoms with Gasteiger partial charge in [-0.05, 0) is 24.3 Å². The Bertz CT molecular complexity index is 692. The van der Waals surface area contributed by atoms with Gasteiger partial charge in [0, 0.05) is 13.6 Å². The van der Waals surface area contributed by atoms with Crippen molar-refractivity contribution in [1.29, 1.82) is 0 Å². The molecule has 2 rings (SSSR count). The number of rotatable bonds is 4. The Labute approximate surface area is 132 Å². The lowest BCUT2D eigenvalue weighted by molar-refractivity contribution is -0.139. The predicted octanol–water partition coefficient (Wildman–Crippen LogP) is -0.965. The van der Waals surface area contributed by atoms with Crippen molar-refractivity contribution in [2.24, 2.45) is 0 Å². The largest absolute Gasteiger partial charge is 0.359 e. The van der Waals surface area contributed by atoms with Crippen LogP contribution < -0.4 is 10.6 Å². The standard InChI is InChI=1S/C13H16FN3O5S/c1-15-12(18)13(19)16-8-11-17(6-7-22-11)23(20,21)10-4-2-9(14)3-5-10/h2-5,11H,6-8H2,1H3,(H,15,18)(H,16,19)/t11-/m0/s1. The molecule has 1 aromatic rings. The van der Waals surface area contributed by atoms with Crippen LogP contribution in [0.5, 0.6) is 0 Å². The molecule has 0 unspecified atom stereocenters. The van der Waals surface area contributed by atoms with Gasteiger partial charge < -0.3 is 15.4 Å². The SMILES string of the molecule is CNC(=O)C(=O)NC[C@@H]1OCCN1S(=O)(=O)c1ccc(F)cc1. The molecule has 0 saturated carbocycles. The van der Waals surface area contributed by atoms with E-state index in [0.717, 1.165) is 28.6 Å². The zero-order chi connectivity index (χ0) is 17.0. The normalized spacial score (nSPS) is 18.6. The highest BCUT2D eigenvalue weighted by Gasteiger charge is 2.36. The fourth-order valence-corrected chi connectivity index (χ4v) is 3.57. The van der Waals surface area contributed by atoms with Gasteiger partial charge in [-0.1, -0.05) is 0 Å². The van der Waals surface area contributed by atoms with Crippen LogP contribution in [-0.2, 0) is 24.3 Å². The summed E-state index contributed by atoms with van der Waals surface area (Å²) in [4.78, 5) is 22.4. The van der Waals surface area contributed by atoms with E-state index in [2.05, 4.69) is 10.6 Å². The Morgan fingerprint density at radius 3 is 2.57 bits per heavy atom. The van der Waals surface area contributed by atoms with Gasteiger partial charge in [-0.25, -0.2) is 12.8 Å². The van der Waals surface area contributed by atoms with Crippen LogP contribution in [0.3, 0.4) is 0 Å². The third kappa shape index (κ3) is 3.84. The van der Waals surface area contributed by atoms with Crippen molar-refractivity contribution < 1.29 is 27.1 Å². The molecule has 1 heterocycles. The van der Waals surface area contributed by atoms with E-state index in [4.69, 9.17) is 4.74 Å². The number of ether oxygens (including phenoxy) is 1. The van der Waals surface area contributed by atoms with E-state index in [1.165, 1.54) is 7.05 Å². The molecule has 10 heteroatoms. The highest BCUT2D eigenvalue weighted by molar-refractivity contribution is 7.89. The first-order valence-corrected chi connectivity index (χ1v) is 8.19. The first-order valence-electron chi connectivity index (χ1n) is 6.75. The molecule has 0 bridgehead atoms. The molecule has 0 radical (unpaired) electrons. The average Bonchev–Trinajstić information content (AvgIpc) is 3.01. The first-order chi connectivity index (χ1) is 10.9. The smallest absolute Gasteiger partial charge is 0.309 e. The molecule has 1 aliphatic rings. The number of amides is 2. The fraction of sp³-hybridized carbons (Fsp3) is 0.385. The second kappa shape index (κ2) is 7.02. The van der Waals surface area contributed by atoms with Gasteiger partial charge in [0.1, 0.15) is 12.0 Å². The lowest BCUT2D eigenvalue weighted by Gasteiger charge is -2.22. The van der Waals surface area contributed by atoms with Crippen LogP contribution >= 0.6 is 0 Å². The van der Waals surface area contributed by atoms with Crippen LogP contribution in [-0.4, -0.2) is 57.5 Å². The van der Waals surface area contributed by atoms with E-state index in [-0.39, 0.29) is 24.6 Å². The van der Waals surface area contributed by atoms with E-state index >= 15 is 0 Å². The Kier molecular flexibility index (Phi) is 5.29. The first kappa shape index (κ1) is 17.3. The molecule has 8 nitrogen and oxygen atoms in total. The number of nitrogens with one attached hydrogen (secondary N) is 2. The van der Waals surface area contributed by atoms with Crippen LogP contribution in [0.1, 0.15) is 0 Å². The summed E-state index contributed by atoms with van der Waals surface area (Å²) in [5, 5.41) is 4.45. The summed E-state index contributed by atoms with van der Waals surface area (Å²) in [6.45, 7) is 0.0772. The fourth-order valence-electron chi connectivity index (χ4n) is 2.06. The quantitative estimate of drug-likeness (QED) is 0.684. The van der Waals surface area contributed by atoms with Crippen molar-refractivity contribution in [1.82, 2.24) is 14.9 Å². The van der Waals surface area contributed by atoms with Gasteiger partial charge in [0.2, 0.25) is 10.0 Å². The van der Waals surface area contributed by atoms with Gasteiger partial charge in [-0.2, -0.15) is 4.31 Å². The monoisotopic (exact) mass is 345 g/mol. The summed E-state index contributed by atoms with van der Waals surface area (Å²) in [7, 11) is -2.58. The highest BCUT2D eigenvalue weighted by atomic mass is 32.2. The number of sulfonamides is 1. The van der Waals surface area contributed by atoms with Gasteiger partial charge in [0.15, 0.2) is 0 Å². The number of nitrogens with zero attached hydrogens (tertiary/aromatic N) is 1. The van der Waals surface area contributed by atoms with Crippen molar-refractivity contribution in [3.63, 3.8) is 0 Å². The van der Waals surface area contributed by atoms with Gasteiger partial charge in [-0.3, -0.25) is 9.59 Å². The van der Waals surface area contributed by atoms with Crippen molar-refractivity contribution in [2.75, 3.05) is 26.7 Å². The van der Waals surface area contributed by atoms with Gasteiger partial charge in [0.25, 0.3) is 0 Å². The molecule has 1 aromatic carbocycles. The molecule has 126 valence electrons. The number of hydrogen-bond acceptors (Lipinski definition) is 5. The number of carbonyl (C=O) groups is 2. The van der Waals surface area contributed by atoms with Gasteiger partial charge >= 0.3 is 11.8 Å². The molecule has 1 aliphatic heterocycles. The number of carbonyl (C=O) groups excluding carboxylic acids is 2. The second-order valence-corrected chi connectivity index (χ2v) is 6.57. The molecule has 0 aromatic heterocycles. The van der Waals surface area contributed by atoms with E-state index in [1.54, 1.807) is 0 Å². The molecule has 1 saturated heterocycles. The Morgan fingerprint density at radius 2 is 1.96 bits per heavy atom. The van der Waals surface area contributed by atoms with Crippen molar-refractivity contribution in [2.45, 2.75) is 11.1 Å². The lowest BCUT2D eigenvalue weighted by Crippen LogP contribution is -2.46. The summed E-state index contributed by atoms with van der Waals surface area (Å²) in [5.41, 5.74) is 0. The molecule has 0 spiro atoms. The molecular weight excluding hydrogens is 329 g/mol. The third-order valence-corrected chi connectivity index (χ3v) is 5.14. The maximum Gasteiger partial charge on any atom is 0.309 e. The third-order valence-electron chi connectivity index (χ3n) is 3.23. The summed E-state index contributed by atoms with van der Waals surface area (Å²) >= 11 is 0. The number of likely N-dealkylation sites (N-methyl/N-ethyl adjacent to an activating group) is 1. The van der Waals surface area contributed by atoms with Crippen molar-refractivity contribution >= 4 is 21.8 Å². The van der Waals surface area contributed by atoms with Crippen LogP contribution in [0.4, 0.5) is 4.39 Å². The van der Waals surface area contributed by atoms with Crippen molar-refractivity contribution in [3.8, 4) is 0 Å². The second-order valence-electron chi connectivity index (χ2n) is 4.68. The summed E-state index contributed by atoms with van der Waals surface area (Å²) < 4.78 is 44.3. The number of benzene rings is 1. The zero-order valence-corrected chi connectivity index (χ0v) is 13.1. The van der Waals surface area contributed by atoms with Crippen LogP contribution in [0.2, 0.25) is 0 Å². The zero-order valence-electron chi connectivity index (χ0n) is 12.3. The van der Waals surface area contributed by atoms with E-state index in [0.29, 0.717) is 0 Å².